The molecule has 0 radical (unpaired) electrons. The van der Waals surface area contributed by atoms with Crippen LogP contribution < -0.4 is 18.9 Å². The summed E-state index contributed by atoms with van der Waals surface area (Å²) >= 11 is 0. The third kappa shape index (κ3) is 4.00. The summed E-state index contributed by atoms with van der Waals surface area (Å²) in [7, 11) is 3.03. The summed E-state index contributed by atoms with van der Waals surface area (Å²) < 4.78 is 21.7. The Kier molecular flexibility index (Phi) is 6.01. The Morgan fingerprint density at radius 1 is 1.00 bits per heavy atom. The van der Waals surface area contributed by atoms with Crippen LogP contribution in [0.3, 0.4) is 0 Å². The molecule has 0 aliphatic carbocycles. The number of benzene rings is 3. The van der Waals surface area contributed by atoms with E-state index in [1.165, 1.54) is 12.0 Å². The van der Waals surface area contributed by atoms with Crippen LogP contribution in [0.2, 0.25) is 0 Å². The number of rotatable bonds is 6. The Labute approximate surface area is 208 Å². The standard InChI is InChI=1S/C28H25NO7/c1-16-7-9-21(34-3)20(11-16)26(30)24-25(18-5-4-6-19(13-18)33-2)29(28(32)27(24)31)14-17-8-10-22-23(12-17)36-15-35-22/h4-13,25,30H,14-15H2,1-3H3/b26-24+. The van der Waals surface area contributed by atoms with Gasteiger partial charge in [-0.15, -0.1) is 0 Å². The van der Waals surface area contributed by atoms with Gasteiger partial charge >= 0.3 is 0 Å². The number of Topliss-reactive ketones (excluding diaryl/α,β-unsaturated/α-hetero) is 1. The minimum Gasteiger partial charge on any atom is -0.507 e. The van der Waals surface area contributed by atoms with Gasteiger partial charge in [-0.3, -0.25) is 9.59 Å². The van der Waals surface area contributed by atoms with Crippen LogP contribution in [0.25, 0.3) is 5.76 Å². The predicted octanol–water partition coefficient (Wildman–Crippen LogP) is 4.36. The molecule has 0 saturated carbocycles. The van der Waals surface area contributed by atoms with Crippen molar-refractivity contribution in [2.75, 3.05) is 21.0 Å². The molecule has 0 aromatic heterocycles. The van der Waals surface area contributed by atoms with Gasteiger partial charge in [-0.1, -0.05) is 29.8 Å². The number of aliphatic hydroxyl groups is 1. The molecule has 2 aliphatic heterocycles. The molecule has 1 fully saturated rings. The third-order valence-corrected chi connectivity index (χ3v) is 6.35. The average Bonchev–Trinajstić information content (AvgIpc) is 3.46. The number of hydrogen-bond donors (Lipinski definition) is 1. The average molecular weight is 488 g/mol. The quantitative estimate of drug-likeness (QED) is 0.314. The molecule has 2 aliphatic rings. The van der Waals surface area contributed by atoms with E-state index in [9.17, 15) is 14.7 Å². The van der Waals surface area contributed by atoms with Gasteiger partial charge in [0.1, 0.15) is 17.3 Å². The monoisotopic (exact) mass is 487 g/mol. The molecule has 8 heteroatoms. The molecule has 3 aromatic carbocycles. The normalized spacial score (nSPS) is 18.0. The van der Waals surface area contributed by atoms with Crippen molar-refractivity contribution in [3.05, 3.63) is 88.5 Å². The first-order chi connectivity index (χ1) is 17.4. The highest BCUT2D eigenvalue weighted by Gasteiger charge is 2.46. The summed E-state index contributed by atoms with van der Waals surface area (Å²) in [4.78, 5) is 28.2. The Morgan fingerprint density at radius 3 is 2.58 bits per heavy atom. The van der Waals surface area contributed by atoms with Gasteiger partial charge in [0.25, 0.3) is 11.7 Å². The molecule has 2 heterocycles. The van der Waals surface area contributed by atoms with Crippen LogP contribution in [0, 0.1) is 6.92 Å². The van der Waals surface area contributed by atoms with Gasteiger partial charge in [-0.25, -0.2) is 0 Å². The second kappa shape index (κ2) is 9.30. The van der Waals surface area contributed by atoms with Crippen LogP contribution in [0.15, 0.2) is 66.2 Å². The van der Waals surface area contributed by atoms with Crippen LogP contribution in [0.1, 0.15) is 28.3 Å². The summed E-state index contributed by atoms with van der Waals surface area (Å²) in [6.45, 7) is 2.12. The maximum atomic E-state index is 13.4. The largest absolute Gasteiger partial charge is 0.507 e. The molecule has 36 heavy (non-hydrogen) atoms. The highest BCUT2D eigenvalue weighted by molar-refractivity contribution is 6.46. The van der Waals surface area contributed by atoms with Crippen molar-refractivity contribution in [3.63, 3.8) is 0 Å². The van der Waals surface area contributed by atoms with Gasteiger partial charge in [0, 0.05) is 6.54 Å². The fourth-order valence-corrected chi connectivity index (χ4v) is 4.59. The Bertz CT molecular complexity index is 1390. The van der Waals surface area contributed by atoms with Crippen LogP contribution >= 0.6 is 0 Å². The molecule has 5 rings (SSSR count). The van der Waals surface area contributed by atoms with Gasteiger partial charge in [0.05, 0.1) is 31.4 Å². The maximum absolute atomic E-state index is 13.4. The molecular weight excluding hydrogens is 462 g/mol. The van der Waals surface area contributed by atoms with Crippen molar-refractivity contribution >= 4 is 17.4 Å². The van der Waals surface area contributed by atoms with Gasteiger partial charge in [0.15, 0.2) is 11.5 Å². The molecule has 1 saturated heterocycles. The molecule has 1 N–H and O–H groups in total. The number of aliphatic hydroxyl groups excluding tert-OH is 1. The number of nitrogens with zero attached hydrogens (tertiary/aromatic N) is 1. The van der Waals surface area contributed by atoms with Crippen molar-refractivity contribution in [2.45, 2.75) is 19.5 Å². The van der Waals surface area contributed by atoms with Crippen molar-refractivity contribution < 1.29 is 33.6 Å². The van der Waals surface area contributed by atoms with E-state index < -0.39 is 17.7 Å². The highest BCUT2D eigenvalue weighted by atomic mass is 16.7. The zero-order valence-corrected chi connectivity index (χ0v) is 20.1. The van der Waals surface area contributed by atoms with Gasteiger partial charge in [0.2, 0.25) is 6.79 Å². The van der Waals surface area contributed by atoms with Gasteiger partial charge in [-0.2, -0.15) is 0 Å². The molecule has 3 aromatic rings. The molecule has 8 nitrogen and oxygen atoms in total. The van der Waals surface area contributed by atoms with Crippen LogP contribution in [-0.4, -0.2) is 42.7 Å². The fraction of sp³-hybridized carbons (Fsp3) is 0.214. The summed E-state index contributed by atoms with van der Waals surface area (Å²) in [5.41, 5.74) is 2.57. The maximum Gasteiger partial charge on any atom is 0.295 e. The van der Waals surface area contributed by atoms with E-state index in [-0.39, 0.29) is 24.7 Å². The van der Waals surface area contributed by atoms with E-state index in [4.69, 9.17) is 18.9 Å². The van der Waals surface area contributed by atoms with Crippen molar-refractivity contribution in [2.24, 2.45) is 0 Å². The van der Waals surface area contributed by atoms with Gasteiger partial charge < -0.3 is 29.0 Å². The smallest absolute Gasteiger partial charge is 0.295 e. The number of ketones is 1. The van der Waals surface area contributed by atoms with E-state index in [1.807, 2.05) is 19.1 Å². The molecule has 0 bridgehead atoms. The first-order valence-corrected chi connectivity index (χ1v) is 11.4. The van der Waals surface area contributed by atoms with E-state index in [0.717, 1.165) is 11.1 Å². The number of carbonyl (C=O) groups is 2. The number of likely N-dealkylation sites (tertiary alicyclic amines) is 1. The summed E-state index contributed by atoms with van der Waals surface area (Å²) in [6, 6.07) is 16.9. The predicted molar refractivity (Wildman–Crippen MR) is 131 cm³/mol. The van der Waals surface area contributed by atoms with Gasteiger partial charge in [-0.05, 0) is 54.4 Å². The molecule has 0 spiro atoms. The van der Waals surface area contributed by atoms with E-state index in [0.29, 0.717) is 34.1 Å². The van der Waals surface area contributed by atoms with E-state index in [2.05, 4.69) is 0 Å². The SMILES string of the molecule is COc1cccc(C2/C(=C(\O)c3cc(C)ccc3OC)C(=O)C(=O)N2Cc2ccc3c(c2)OCO3)c1. The summed E-state index contributed by atoms with van der Waals surface area (Å²) in [6.07, 6.45) is 0. The first kappa shape index (κ1) is 23.3. The van der Waals surface area contributed by atoms with Crippen LogP contribution in [0.5, 0.6) is 23.0 Å². The second-order valence-electron chi connectivity index (χ2n) is 8.59. The lowest BCUT2D eigenvalue weighted by Crippen LogP contribution is -2.29. The number of carbonyl (C=O) groups excluding carboxylic acids is 2. The molecule has 184 valence electrons. The summed E-state index contributed by atoms with van der Waals surface area (Å²) in [5.74, 6) is 0.371. The number of aryl methyl sites for hydroxylation is 1. The highest BCUT2D eigenvalue weighted by Crippen LogP contribution is 2.43. The number of hydrogen-bond acceptors (Lipinski definition) is 7. The fourth-order valence-electron chi connectivity index (χ4n) is 4.59. The lowest BCUT2D eigenvalue weighted by Gasteiger charge is -2.26. The van der Waals surface area contributed by atoms with Crippen molar-refractivity contribution in [1.82, 2.24) is 4.90 Å². The molecule has 1 unspecified atom stereocenters. The zero-order valence-electron chi connectivity index (χ0n) is 20.1. The minimum absolute atomic E-state index is 0.0158. The molecule has 1 atom stereocenters. The third-order valence-electron chi connectivity index (χ3n) is 6.35. The first-order valence-electron chi connectivity index (χ1n) is 11.4. The zero-order chi connectivity index (χ0) is 25.4. The van der Waals surface area contributed by atoms with Crippen LogP contribution in [-0.2, 0) is 16.1 Å². The number of methoxy groups -OCH3 is 2. The van der Waals surface area contributed by atoms with E-state index >= 15 is 0 Å². The Hall–Kier alpha value is -4.46. The minimum atomic E-state index is -0.851. The van der Waals surface area contributed by atoms with Crippen molar-refractivity contribution in [1.29, 1.82) is 0 Å². The van der Waals surface area contributed by atoms with Crippen LogP contribution in [0.4, 0.5) is 0 Å². The Balaban J connectivity index is 1.66. The molecule has 1 amide bonds. The summed E-state index contributed by atoms with van der Waals surface area (Å²) in [5, 5.41) is 11.4. The lowest BCUT2D eigenvalue weighted by atomic mass is 9.94. The Morgan fingerprint density at radius 2 is 1.81 bits per heavy atom. The molecular formula is C28H25NO7. The topological polar surface area (TPSA) is 94.5 Å². The van der Waals surface area contributed by atoms with Crippen molar-refractivity contribution in [3.8, 4) is 23.0 Å². The number of fused-ring (bicyclic) bond motifs is 1. The number of amides is 1. The lowest BCUT2D eigenvalue weighted by molar-refractivity contribution is -0.140. The number of ether oxygens (including phenoxy) is 4. The second-order valence-corrected chi connectivity index (χ2v) is 8.59. The van der Waals surface area contributed by atoms with E-state index in [1.54, 1.807) is 55.6 Å².